The second-order valence-electron chi connectivity index (χ2n) is 4.87. The Bertz CT molecular complexity index is 371. The molecule has 1 aromatic rings. The maximum Gasteiger partial charge on any atom is 0.251 e. The fourth-order valence-electron chi connectivity index (χ4n) is 1.43. The SMILES string of the molecule is CC(C)(CCO)CNC(=O)c1ccc(O)cc1. The average Bonchev–Trinajstić information content (AvgIpc) is 2.27. The molecule has 0 aliphatic carbocycles. The Hall–Kier alpha value is -1.55. The van der Waals surface area contributed by atoms with Crippen LogP contribution in [0, 0.1) is 5.41 Å². The maximum absolute atomic E-state index is 11.8. The van der Waals surface area contributed by atoms with Crippen molar-refractivity contribution in [2.45, 2.75) is 20.3 Å². The summed E-state index contributed by atoms with van der Waals surface area (Å²) in [4.78, 5) is 11.8. The zero-order chi connectivity index (χ0) is 12.9. The molecule has 0 atom stereocenters. The molecule has 0 aliphatic heterocycles. The largest absolute Gasteiger partial charge is 0.508 e. The van der Waals surface area contributed by atoms with Gasteiger partial charge in [-0.25, -0.2) is 0 Å². The molecule has 0 saturated carbocycles. The molecule has 4 nitrogen and oxygen atoms in total. The predicted molar refractivity (Wildman–Crippen MR) is 65.9 cm³/mol. The lowest BCUT2D eigenvalue weighted by Crippen LogP contribution is -2.34. The summed E-state index contributed by atoms with van der Waals surface area (Å²) < 4.78 is 0. The molecule has 0 aromatic heterocycles. The first-order valence-electron chi connectivity index (χ1n) is 5.63. The average molecular weight is 237 g/mol. The Balaban J connectivity index is 2.53. The van der Waals surface area contributed by atoms with E-state index in [1.165, 1.54) is 12.1 Å². The van der Waals surface area contributed by atoms with Crippen molar-refractivity contribution < 1.29 is 15.0 Å². The smallest absolute Gasteiger partial charge is 0.251 e. The highest BCUT2D eigenvalue weighted by Crippen LogP contribution is 2.18. The minimum Gasteiger partial charge on any atom is -0.508 e. The minimum absolute atomic E-state index is 0.113. The molecule has 17 heavy (non-hydrogen) atoms. The van der Waals surface area contributed by atoms with E-state index in [0.717, 1.165) is 0 Å². The number of hydrogen-bond donors (Lipinski definition) is 3. The van der Waals surface area contributed by atoms with Crippen LogP contribution in [0.25, 0.3) is 0 Å². The van der Waals surface area contributed by atoms with Gasteiger partial charge in [0.05, 0.1) is 0 Å². The lowest BCUT2D eigenvalue weighted by Gasteiger charge is -2.23. The normalized spacial score (nSPS) is 11.2. The van der Waals surface area contributed by atoms with Gasteiger partial charge in [0, 0.05) is 18.7 Å². The van der Waals surface area contributed by atoms with Gasteiger partial charge in [-0.2, -0.15) is 0 Å². The third-order valence-electron chi connectivity index (χ3n) is 2.65. The zero-order valence-electron chi connectivity index (χ0n) is 10.2. The van der Waals surface area contributed by atoms with Crippen LogP contribution in [0.3, 0.4) is 0 Å². The van der Waals surface area contributed by atoms with Gasteiger partial charge in [-0.3, -0.25) is 4.79 Å². The Kier molecular flexibility index (Phi) is 4.52. The van der Waals surface area contributed by atoms with E-state index in [0.29, 0.717) is 18.5 Å². The van der Waals surface area contributed by atoms with Gasteiger partial charge >= 0.3 is 0 Å². The number of hydrogen-bond acceptors (Lipinski definition) is 3. The number of carbonyl (C=O) groups is 1. The van der Waals surface area contributed by atoms with Gasteiger partial charge in [0.2, 0.25) is 0 Å². The van der Waals surface area contributed by atoms with E-state index in [9.17, 15) is 4.79 Å². The molecular formula is C13H19NO3. The van der Waals surface area contributed by atoms with E-state index in [4.69, 9.17) is 10.2 Å². The molecule has 4 heteroatoms. The van der Waals surface area contributed by atoms with Crippen molar-refractivity contribution in [3.05, 3.63) is 29.8 Å². The number of phenols is 1. The maximum atomic E-state index is 11.8. The summed E-state index contributed by atoms with van der Waals surface area (Å²) >= 11 is 0. The molecule has 1 rings (SSSR count). The van der Waals surface area contributed by atoms with Gasteiger partial charge in [0.25, 0.3) is 5.91 Å². The number of benzene rings is 1. The van der Waals surface area contributed by atoms with Crippen molar-refractivity contribution in [3.8, 4) is 5.75 Å². The molecule has 0 saturated heterocycles. The Labute approximate surface area is 101 Å². The molecule has 94 valence electrons. The van der Waals surface area contributed by atoms with E-state index < -0.39 is 0 Å². The number of amides is 1. The molecular weight excluding hydrogens is 218 g/mol. The Morgan fingerprint density at radius 2 is 1.88 bits per heavy atom. The molecule has 1 aromatic carbocycles. The number of phenolic OH excluding ortho intramolecular Hbond substituents is 1. The van der Waals surface area contributed by atoms with E-state index in [1.807, 2.05) is 13.8 Å². The van der Waals surface area contributed by atoms with Crippen molar-refractivity contribution >= 4 is 5.91 Å². The van der Waals surface area contributed by atoms with Crippen LogP contribution < -0.4 is 5.32 Å². The second-order valence-corrected chi connectivity index (χ2v) is 4.87. The third-order valence-corrected chi connectivity index (χ3v) is 2.65. The number of rotatable bonds is 5. The second kappa shape index (κ2) is 5.68. The van der Waals surface area contributed by atoms with E-state index in [2.05, 4.69) is 5.32 Å². The van der Waals surface area contributed by atoms with Crippen LogP contribution in [0.5, 0.6) is 5.75 Å². The number of aliphatic hydroxyl groups excluding tert-OH is 1. The summed E-state index contributed by atoms with van der Waals surface area (Å²) in [6.07, 6.45) is 0.642. The molecule has 0 heterocycles. The van der Waals surface area contributed by atoms with Crippen LogP contribution in [0.4, 0.5) is 0 Å². The summed E-state index contributed by atoms with van der Waals surface area (Å²) in [7, 11) is 0. The lowest BCUT2D eigenvalue weighted by molar-refractivity contribution is 0.0928. The predicted octanol–water partition coefficient (Wildman–Crippen LogP) is 1.53. The minimum atomic E-state index is -0.170. The van der Waals surface area contributed by atoms with Gasteiger partial charge in [-0.05, 0) is 36.1 Å². The highest BCUT2D eigenvalue weighted by atomic mass is 16.3. The molecule has 3 N–H and O–H groups in total. The lowest BCUT2D eigenvalue weighted by atomic mass is 9.89. The highest BCUT2D eigenvalue weighted by molar-refractivity contribution is 5.94. The van der Waals surface area contributed by atoms with Gasteiger partial charge < -0.3 is 15.5 Å². The molecule has 1 amide bonds. The topological polar surface area (TPSA) is 69.6 Å². The first-order valence-corrected chi connectivity index (χ1v) is 5.63. The van der Waals surface area contributed by atoms with Gasteiger partial charge in [0.1, 0.15) is 5.75 Å². The molecule has 0 aliphatic rings. The molecule has 0 spiro atoms. The quantitative estimate of drug-likeness (QED) is 0.727. The third kappa shape index (κ3) is 4.44. The van der Waals surface area contributed by atoms with Crippen molar-refractivity contribution in [1.82, 2.24) is 5.32 Å². The highest BCUT2D eigenvalue weighted by Gasteiger charge is 2.18. The van der Waals surface area contributed by atoms with Gasteiger partial charge in [-0.15, -0.1) is 0 Å². The van der Waals surface area contributed by atoms with E-state index in [-0.39, 0.29) is 23.7 Å². The number of aliphatic hydroxyl groups is 1. The van der Waals surface area contributed by atoms with E-state index >= 15 is 0 Å². The van der Waals surface area contributed by atoms with Crippen LogP contribution in [0.1, 0.15) is 30.6 Å². The number of nitrogens with one attached hydrogen (secondary N) is 1. The first-order chi connectivity index (χ1) is 7.94. The summed E-state index contributed by atoms with van der Waals surface area (Å²) in [5, 5.41) is 20.8. The molecule has 0 radical (unpaired) electrons. The van der Waals surface area contributed by atoms with Crippen molar-refractivity contribution in [3.63, 3.8) is 0 Å². The zero-order valence-corrected chi connectivity index (χ0v) is 10.2. The van der Waals surface area contributed by atoms with Crippen molar-refractivity contribution in [2.24, 2.45) is 5.41 Å². The molecule has 0 fully saturated rings. The Morgan fingerprint density at radius 1 is 1.29 bits per heavy atom. The fourth-order valence-corrected chi connectivity index (χ4v) is 1.43. The molecule has 0 unspecified atom stereocenters. The van der Waals surface area contributed by atoms with E-state index in [1.54, 1.807) is 12.1 Å². The summed E-state index contributed by atoms with van der Waals surface area (Å²) in [6, 6.07) is 6.11. The fraction of sp³-hybridized carbons (Fsp3) is 0.462. The van der Waals surface area contributed by atoms with Crippen LogP contribution in [-0.2, 0) is 0 Å². The van der Waals surface area contributed by atoms with Crippen LogP contribution in [-0.4, -0.2) is 29.3 Å². The summed E-state index contributed by atoms with van der Waals surface area (Å²) in [5.74, 6) is -0.0295. The summed E-state index contributed by atoms with van der Waals surface area (Å²) in [5.41, 5.74) is 0.393. The number of aromatic hydroxyl groups is 1. The summed E-state index contributed by atoms with van der Waals surface area (Å²) in [6.45, 7) is 4.59. The van der Waals surface area contributed by atoms with Crippen LogP contribution in [0.2, 0.25) is 0 Å². The van der Waals surface area contributed by atoms with Crippen molar-refractivity contribution in [2.75, 3.05) is 13.2 Å². The monoisotopic (exact) mass is 237 g/mol. The van der Waals surface area contributed by atoms with Crippen LogP contribution in [0.15, 0.2) is 24.3 Å². The van der Waals surface area contributed by atoms with Gasteiger partial charge in [-0.1, -0.05) is 13.8 Å². The molecule has 0 bridgehead atoms. The number of carbonyl (C=O) groups excluding carboxylic acids is 1. The Morgan fingerprint density at radius 3 is 2.41 bits per heavy atom. The standard InChI is InChI=1S/C13H19NO3/c1-13(2,7-8-15)9-14-12(17)10-3-5-11(16)6-4-10/h3-6,15-16H,7-9H2,1-2H3,(H,14,17). The van der Waals surface area contributed by atoms with Crippen LogP contribution >= 0.6 is 0 Å². The first kappa shape index (κ1) is 13.5. The van der Waals surface area contributed by atoms with Crippen molar-refractivity contribution in [1.29, 1.82) is 0 Å². The van der Waals surface area contributed by atoms with Gasteiger partial charge in [0.15, 0.2) is 0 Å².